The van der Waals surface area contributed by atoms with Crippen molar-refractivity contribution in [1.29, 1.82) is 0 Å². The van der Waals surface area contributed by atoms with E-state index in [-0.39, 0.29) is 11.8 Å². The number of thiophene rings is 1. The van der Waals surface area contributed by atoms with Crippen LogP contribution in [0.5, 0.6) is 5.75 Å². The Kier molecular flexibility index (Phi) is 7.11. The van der Waals surface area contributed by atoms with Crippen molar-refractivity contribution < 1.29 is 19.1 Å². The number of amides is 2. The zero-order valence-electron chi connectivity index (χ0n) is 19.1. The Morgan fingerprint density at radius 1 is 1.06 bits per heavy atom. The van der Waals surface area contributed by atoms with Gasteiger partial charge in [-0.05, 0) is 49.6 Å². The van der Waals surface area contributed by atoms with E-state index >= 15 is 0 Å². The van der Waals surface area contributed by atoms with Crippen molar-refractivity contribution in [1.82, 2.24) is 4.90 Å². The van der Waals surface area contributed by atoms with E-state index in [1.165, 1.54) is 11.3 Å². The van der Waals surface area contributed by atoms with Crippen LogP contribution in [0.1, 0.15) is 28.4 Å². The van der Waals surface area contributed by atoms with Crippen molar-refractivity contribution in [2.45, 2.75) is 26.9 Å². The van der Waals surface area contributed by atoms with Crippen LogP contribution in [0.2, 0.25) is 0 Å². The van der Waals surface area contributed by atoms with Crippen LogP contribution in [0.25, 0.3) is 10.4 Å². The molecule has 1 fully saturated rings. The van der Waals surface area contributed by atoms with Gasteiger partial charge in [-0.25, -0.2) is 0 Å². The lowest BCUT2D eigenvalue weighted by molar-refractivity contribution is -0.122. The fourth-order valence-corrected chi connectivity index (χ4v) is 5.02. The van der Waals surface area contributed by atoms with E-state index in [1.54, 1.807) is 11.8 Å². The van der Waals surface area contributed by atoms with E-state index in [9.17, 15) is 9.59 Å². The van der Waals surface area contributed by atoms with E-state index in [0.717, 1.165) is 21.6 Å². The summed E-state index contributed by atoms with van der Waals surface area (Å²) in [6.07, 6.45) is -0.722. The van der Waals surface area contributed by atoms with Crippen LogP contribution in [0.4, 0.5) is 5.00 Å². The lowest BCUT2D eigenvalue weighted by atomic mass is 10.1. The predicted octanol–water partition coefficient (Wildman–Crippen LogP) is 4.91. The van der Waals surface area contributed by atoms with Gasteiger partial charge in [0.25, 0.3) is 11.8 Å². The number of nitrogens with zero attached hydrogens (tertiary/aromatic N) is 1. The van der Waals surface area contributed by atoms with Crippen molar-refractivity contribution in [2.24, 2.45) is 0 Å². The second kappa shape index (κ2) is 10.2. The summed E-state index contributed by atoms with van der Waals surface area (Å²) in [5.41, 5.74) is 3.47. The fraction of sp³-hybridized carbons (Fsp3) is 0.308. The molecule has 1 atom stereocenters. The molecule has 1 aliphatic rings. The van der Waals surface area contributed by atoms with Crippen molar-refractivity contribution in [3.8, 4) is 16.2 Å². The molecule has 0 saturated carbocycles. The van der Waals surface area contributed by atoms with Crippen LogP contribution in [-0.4, -0.2) is 49.1 Å². The van der Waals surface area contributed by atoms with Gasteiger partial charge in [0, 0.05) is 18.0 Å². The molecule has 172 valence electrons. The quantitative estimate of drug-likeness (QED) is 0.563. The summed E-state index contributed by atoms with van der Waals surface area (Å²) < 4.78 is 11.3. The number of rotatable bonds is 6. The molecule has 2 amide bonds. The monoisotopic (exact) mass is 464 g/mol. The van der Waals surface area contributed by atoms with Crippen molar-refractivity contribution in [3.63, 3.8) is 0 Å². The minimum Gasteiger partial charge on any atom is -0.481 e. The van der Waals surface area contributed by atoms with Crippen LogP contribution < -0.4 is 10.1 Å². The third-order valence-electron chi connectivity index (χ3n) is 5.60. The molecule has 2 heterocycles. The average Bonchev–Trinajstić information content (AvgIpc) is 3.15. The number of aryl methyl sites for hydroxylation is 1. The largest absolute Gasteiger partial charge is 0.481 e. The molecule has 1 unspecified atom stereocenters. The molecule has 0 bridgehead atoms. The van der Waals surface area contributed by atoms with Crippen molar-refractivity contribution >= 4 is 28.2 Å². The number of anilines is 1. The Morgan fingerprint density at radius 3 is 2.48 bits per heavy atom. The third kappa shape index (κ3) is 5.26. The summed E-state index contributed by atoms with van der Waals surface area (Å²) in [4.78, 5) is 29.3. The zero-order valence-corrected chi connectivity index (χ0v) is 19.9. The first-order valence-corrected chi connectivity index (χ1v) is 11.9. The van der Waals surface area contributed by atoms with Gasteiger partial charge >= 0.3 is 0 Å². The number of hydrogen-bond acceptors (Lipinski definition) is 5. The van der Waals surface area contributed by atoms with Gasteiger partial charge in [-0.3, -0.25) is 9.59 Å². The maximum Gasteiger partial charge on any atom is 0.265 e. The van der Waals surface area contributed by atoms with E-state index in [2.05, 4.69) is 5.32 Å². The highest BCUT2D eigenvalue weighted by atomic mass is 32.1. The number of morpholine rings is 1. The predicted molar refractivity (Wildman–Crippen MR) is 131 cm³/mol. The summed E-state index contributed by atoms with van der Waals surface area (Å²) in [7, 11) is 0. The second-order valence-corrected chi connectivity index (χ2v) is 9.12. The normalized spacial score (nSPS) is 14.6. The lowest BCUT2D eigenvalue weighted by Crippen LogP contribution is -2.41. The topological polar surface area (TPSA) is 67.9 Å². The highest BCUT2D eigenvalue weighted by Crippen LogP contribution is 2.40. The van der Waals surface area contributed by atoms with E-state index in [0.29, 0.717) is 42.6 Å². The van der Waals surface area contributed by atoms with Crippen molar-refractivity contribution in [3.05, 3.63) is 71.3 Å². The Hall–Kier alpha value is -3.16. The molecule has 0 spiro atoms. The van der Waals surface area contributed by atoms with Gasteiger partial charge < -0.3 is 19.7 Å². The molecule has 33 heavy (non-hydrogen) atoms. The molecule has 4 rings (SSSR count). The first-order chi connectivity index (χ1) is 15.9. The SMILES string of the molecule is Cc1cccc(OC(C)C(=O)Nc2sc(-c3ccccc3)c(C)c2C(=O)N2CCOCC2)c1. The van der Waals surface area contributed by atoms with Gasteiger partial charge in [0.2, 0.25) is 0 Å². The maximum atomic E-state index is 13.5. The summed E-state index contributed by atoms with van der Waals surface area (Å²) in [5.74, 6) is 0.250. The fourth-order valence-electron chi connectivity index (χ4n) is 3.81. The zero-order chi connectivity index (χ0) is 23.4. The van der Waals surface area contributed by atoms with Crippen LogP contribution in [0.3, 0.4) is 0 Å². The van der Waals surface area contributed by atoms with Crippen molar-refractivity contribution in [2.75, 3.05) is 31.6 Å². The molecule has 0 radical (unpaired) electrons. The molecular weight excluding hydrogens is 436 g/mol. The summed E-state index contributed by atoms with van der Waals surface area (Å²) >= 11 is 1.42. The standard InChI is InChI=1S/C26H28N2O4S/c1-17-8-7-11-21(16-17)32-19(3)24(29)27-25-22(26(30)28-12-14-31-15-13-28)18(2)23(33-25)20-9-5-4-6-10-20/h4-11,16,19H,12-15H2,1-3H3,(H,27,29). The molecule has 6 nitrogen and oxygen atoms in total. The Labute approximate surface area is 198 Å². The van der Waals surface area contributed by atoms with Crippen LogP contribution in [0, 0.1) is 13.8 Å². The Balaban J connectivity index is 1.62. The van der Waals surface area contributed by atoms with E-state index in [4.69, 9.17) is 9.47 Å². The van der Waals surface area contributed by atoms with Gasteiger partial charge in [0.1, 0.15) is 10.8 Å². The van der Waals surface area contributed by atoms with Crippen LogP contribution in [0.15, 0.2) is 54.6 Å². The summed E-state index contributed by atoms with van der Waals surface area (Å²) in [6.45, 7) is 7.73. The van der Waals surface area contributed by atoms with Gasteiger partial charge in [-0.2, -0.15) is 0 Å². The number of ether oxygens (including phenoxy) is 2. The number of hydrogen-bond donors (Lipinski definition) is 1. The maximum absolute atomic E-state index is 13.5. The van der Waals surface area contributed by atoms with Gasteiger partial charge in [0.15, 0.2) is 6.10 Å². The lowest BCUT2D eigenvalue weighted by Gasteiger charge is -2.27. The highest BCUT2D eigenvalue weighted by Gasteiger charge is 2.29. The molecule has 1 aliphatic heterocycles. The molecule has 3 aromatic rings. The number of carbonyl (C=O) groups excluding carboxylic acids is 2. The molecular formula is C26H28N2O4S. The summed E-state index contributed by atoms with van der Waals surface area (Å²) in [6, 6.07) is 17.5. The van der Waals surface area contributed by atoms with E-state index in [1.807, 2.05) is 68.4 Å². The molecule has 1 N–H and O–H groups in total. The average molecular weight is 465 g/mol. The number of nitrogens with one attached hydrogen (secondary N) is 1. The van der Waals surface area contributed by atoms with Crippen LogP contribution in [-0.2, 0) is 9.53 Å². The molecule has 2 aromatic carbocycles. The first-order valence-electron chi connectivity index (χ1n) is 11.0. The second-order valence-electron chi connectivity index (χ2n) is 8.10. The summed E-state index contributed by atoms with van der Waals surface area (Å²) in [5, 5.41) is 3.52. The minimum absolute atomic E-state index is 0.0863. The minimum atomic E-state index is -0.722. The van der Waals surface area contributed by atoms with Gasteiger partial charge in [-0.1, -0.05) is 42.5 Å². The van der Waals surface area contributed by atoms with E-state index < -0.39 is 6.10 Å². The molecule has 1 aromatic heterocycles. The third-order valence-corrected chi connectivity index (χ3v) is 6.86. The Bertz CT molecular complexity index is 1140. The van der Waals surface area contributed by atoms with Gasteiger partial charge in [-0.15, -0.1) is 11.3 Å². The first kappa shape index (κ1) is 23.0. The molecule has 7 heteroatoms. The smallest absolute Gasteiger partial charge is 0.265 e. The molecule has 1 saturated heterocycles. The molecule has 0 aliphatic carbocycles. The highest BCUT2D eigenvalue weighted by molar-refractivity contribution is 7.20. The number of carbonyl (C=O) groups is 2. The van der Waals surface area contributed by atoms with Crippen LogP contribution >= 0.6 is 11.3 Å². The Morgan fingerprint density at radius 2 is 1.79 bits per heavy atom. The number of benzene rings is 2. The van der Waals surface area contributed by atoms with Gasteiger partial charge in [0.05, 0.1) is 18.8 Å².